The van der Waals surface area contributed by atoms with Gasteiger partial charge in [-0.05, 0) is 73.7 Å². The summed E-state index contributed by atoms with van der Waals surface area (Å²) in [6.45, 7) is -1.65. The van der Waals surface area contributed by atoms with Gasteiger partial charge in [0, 0.05) is 24.1 Å². The SMILES string of the molecule is [B]c1ccc2c(=O)n(-c3ccc(Cl)c4c(NS(=O)(=O)C5CC5)nn(CC(F)F)c34)c([C@H](Cc3cc(F)cc(F)c3)NC(=O)Cn3nc(C(F)F)cc3C3CC3)nc2c1. The largest absolute Gasteiger partial charge is 0.344 e. The molecule has 0 bridgehead atoms. The summed E-state index contributed by atoms with van der Waals surface area (Å²) >= 11 is 6.62. The maximum Gasteiger partial charge on any atom is 0.282 e. The molecule has 58 heavy (non-hydrogen) atoms. The van der Waals surface area contributed by atoms with Gasteiger partial charge in [0.25, 0.3) is 18.4 Å². The Labute approximate surface area is 331 Å². The monoisotopic (exact) mass is 842 g/mol. The quantitative estimate of drug-likeness (QED) is 0.105. The Kier molecular flexibility index (Phi) is 10.3. The van der Waals surface area contributed by atoms with E-state index in [-0.39, 0.29) is 61.1 Å². The Morgan fingerprint density at radius 2 is 1.67 bits per heavy atom. The minimum atomic E-state index is -4.01. The minimum Gasteiger partial charge on any atom is -0.344 e. The molecule has 3 aromatic heterocycles. The lowest BCUT2D eigenvalue weighted by atomic mass is 9.95. The molecule has 2 saturated carbocycles. The van der Waals surface area contributed by atoms with Gasteiger partial charge in [0.1, 0.15) is 44.1 Å². The second kappa shape index (κ2) is 15.1. The molecule has 2 N–H and O–H groups in total. The van der Waals surface area contributed by atoms with Crippen molar-refractivity contribution < 1.29 is 39.6 Å². The standard InChI is InChI=1S/C37H30BClF6N8O4S/c38-19-3-6-23-25(12-19)47-36(27(11-17-9-20(40)13-21(41)10-17)46-31(54)16-51-29(18-1-2-18)14-26(48-51)34(44)45)53(37(23)55)28-8-7-24(39)32-33(28)52(15-30(42)43)49-35(32)50-58(56,57)22-4-5-22/h3,6-10,12-14,18,22,27,30,34H,1-2,4-5,11,15-16H2,(H,46,54)(H,49,50)/t27-/m0/s1. The maximum atomic E-state index is 14.7. The number of nitrogens with one attached hydrogen (secondary N) is 2. The van der Waals surface area contributed by atoms with E-state index in [1.807, 2.05) is 0 Å². The molecule has 0 spiro atoms. The van der Waals surface area contributed by atoms with Gasteiger partial charge in [0.15, 0.2) is 5.82 Å². The highest BCUT2D eigenvalue weighted by molar-refractivity contribution is 7.93. The van der Waals surface area contributed by atoms with E-state index in [0.29, 0.717) is 37.4 Å². The summed E-state index contributed by atoms with van der Waals surface area (Å²) in [5.74, 6) is -3.50. The van der Waals surface area contributed by atoms with Gasteiger partial charge in [0.2, 0.25) is 15.9 Å². The number of halogens is 7. The Balaban J connectivity index is 1.34. The first-order valence-electron chi connectivity index (χ1n) is 18.0. The minimum absolute atomic E-state index is 0.00483. The highest BCUT2D eigenvalue weighted by atomic mass is 35.5. The van der Waals surface area contributed by atoms with Crippen molar-refractivity contribution in [1.82, 2.24) is 34.4 Å². The van der Waals surface area contributed by atoms with Crippen LogP contribution in [0.3, 0.4) is 0 Å². The van der Waals surface area contributed by atoms with Crippen molar-refractivity contribution in [1.29, 1.82) is 0 Å². The van der Waals surface area contributed by atoms with Gasteiger partial charge >= 0.3 is 0 Å². The van der Waals surface area contributed by atoms with Gasteiger partial charge in [-0.15, -0.1) is 0 Å². The third kappa shape index (κ3) is 7.90. The van der Waals surface area contributed by atoms with Crippen LogP contribution >= 0.6 is 11.6 Å². The molecule has 6 aromatic rings. The Bertz CT molecular complexity index is 2770. The zero-order valence-electron chi connectivity index (χ0n) is 30.0. The van der Waals surface area contributed by atoms with Crippen molar-refractivity contribution in [3.8, 4) is 5.69 Å². The Morgan fingerprint density at radius 3 is 2.33 bits per heavy atom. The number of anilines is 1. The van der Waals surface area contributed by atoms with Crippen LogP contribution in [0.5, 0.6) is 0 Å². The number of amides is 1. The normalized spacial score (nSPS) is 15.2. The summed E-state index contributed by atoms with van der Waals surface area (Å²) in [6, 6.07) is 9.13. The molecule has 3 aromatic carbocycles. The van der Waals surface area contributed by atoms with E-state index in [9.17, 15) is 44.3 Å². The summed E-state index contributed by atoms with van der Waals surface area (Å²) in [7, 11) is 2.04. The van der Waals surface area contributed by atoms with Gasteiger partial charge in [-0.1, -0.05) is 23.1 Å². The van der Waals surface area contributed by atoms with Crippen molar-refractivity contribution in [3.63, 3.8) is 0 Å². The molecular formula is C37H30BClF6N8O4S. The predicted molar refractivity (Wildman–Crippen MR) is 203 cm³/mol. The van der Waals surface area contributed by atoms with E-state index in [1.54, 1.807) is 0 Å². The van der Waals surface area contributed by atoms with Gasteiger partial charge in [-0.25, -0.2) is 39.7 Å². The lowest BCUT2D eigenvalue weighted by molar-refractivity contribution is -0.122. The lowest BCUT2D eigenvalue weighted by Crippen LogP contribution is -2.38. The van der Waals surface area contributed by atoms with Crippen LogP contribution in [0, 0.1) is 11.6 Å². The number of rotatable bonds is 14. The van der Waals surface area contributed by atoms with Crippen LogP contribution < -0.4 is 21.1 Å². The topological polar surface area (TPSA) is 146 Å². The molecule has 12 nitrogen and oxygen atoms in total. The number of hydrogen-bond donors (Lipinski definition) is 2. The maximum absolute atomic E-state index is 14.7. The van der Waals surface area contributed by atoms with Gasteiger partial charge in [-0.2, -0.15) is 10.2 Å². The van der Waals surface area contributed by atoms with Crippen LogP contribution in [-0.2, 0) is 34.3 Å². The number of fused-ring (bicyclic) bond motifs is 2. The summed E-state index contributed by atoms with van der Waals surface area (Å²) in [5.41, 5.74) is -1.12. The molecule has 2 fully saturated rings. The first kappa shape index (κ1) is 39.5. The Morgan fingerprint density at radius 1 is 0.948 bits per heavy atom. The van der Waals surface area contributed by atoms with E-state index < -0.39 is 82.5 Å². The fraction of sp³-hybridized carbons (Fsp3) is 0.324. The molecule has 300 valence electrons. The predicted octanol–water partition coefficient (Wildman–Crippen LogP) is 5.74. The summed E-state index contributed by atoms with van der Waals surface area (Å²) in [6.07, 6.45) is -4.23. The van der Waals surface area contributed by atoms with Crippen LogP contribution in [0.4, 0.5) is 32.2 Å². The van der Waals surface area contributed by atoms with Crippen molar-refractivity contribution in [2.75, 3.05) is 4.72 Å². The lowest BCUT2D eigenvalue weighted by Gasteiger charge is -2.24. The van der Waals surface area contributed by atoms with Crippen molar-refractivity contribution in [3.05, 3.63) is 104 Å². The first-order chi connectivity index (χ1) is 27.6. The number of carbonyl (C=O) groups is 1. The average Bonchev–Trinajstić information content (AvgIpc) is 4.08. The second-order valence-corrected chi connectivity index (χ2v) is 16.6. The molecule has 1 atom stereocenters. The number of hydrogen-bond acceptors (Lipinski definition) is 7. The summed E-state index contributed by atoms with van der Waals surface area (Å²) < 4.78 is 116. The number of alkyl halides is 4. The molecule has 8 rings (SSSR count). The fourth-order valence-electron chi connectivity index (χ4n) is 7.00. The van der Waals surface area contributed by atoms with Crippen molar-refractivity contribution in [2.24, 2.45) is 0 Å². The number of aromatic nitrogens is 6. The molecule has 0 unspecified atom stereocenters. The molecule has 1 amide bonds. The van der Waals surface area contributed by atoms with E-state index in [1.165, 1.54) is 36.4 Å². The molecule has 0 aliphatic heterocycles. The van der Waals surface area contributed by atoms with Crippen LogP contribution in [0.15, 0.2) is 59.4 Å². The number of carbonyl (C=O) groups excluding carboxylic acids is 1. The molecule has 21 heteroatoms. The van der Waals surface area contributed by atoms with Gasteiger partial charge in [-0.3, -0.25) is 28.2 Å². The first-order valence-corrected chi connectivity index (χ1v) is 19.9. The number of sulfonamides is 1. The summed E-state index contributed by atoms with van der Waals surface area (Å²) in [4.78, 5) is 33.4. The average molecular weight is 843 g/mol. The van der Waals surface area contributed by atoms with E-state index in [2.05, 4.69) is 20.2 Å². The zero-order valence-corrected chi connectivity index (χ0v) is 31.6. The third-order valence-electron chi connectivity index (χ3n) is 9.85. The van der Waals surface area contributed by atoms with Crippen LogP contribution in [-0.4, -0.2) is 63.0 Å². The fourth-order valence-corrected chi connectivity index (χ4v) is 8.58. The highest BCUT2D eigenvalue weighted by Gasteiger charge is 2.37. The number of benzene rings is 3. The molecule has 0 saturated heterocycles. The van der Waals surface area contributed by atoms with Crippen LogP contribution in [0.1, 0.15) is 66.8 Å². The second-order valence-electron chi connectivity index (χ2n) is 14.3. The summed E-state index contributed by atoms with van der Waals surface area (Å²) in [5, 5.41) is 9.82. The molecule has 2 aliphatic rings. The van der Waals surface area contributed by atoms with Crippen LogP contribution in [0.2, 0.25) is 5.02 Å². The van der Waals surface area contributed by atoms with E-state index in [4.69, 9.17) is 24.4 Å². The Hall–Kier alpha value is -5.37. The van der Waals surface area contributed by atoms with Crippen LogP contribution in [0.25, 0.3) is 27.5 Å². The third-order valence-corrected chi connectivity index (χ3v) is 12.0. The highest BCUT2D eigenvalue weighted by Crippen LogP contribution is 2.41. The molecule has 2 aliphatic carbocycles. The smallest absolute Gasteiger partial charge is 0.282 e. The molecule has 2 radical (unpaired) electrons. The van der Waals surface area contributed by atoms with Crippen molar-refractivity contribution >= 4 is 68.5 Å². The van der Waals surface area contributed by atoms with Gasteiger partial charge in [0.05, 0.1) is 43.8 Å². The van der Waals surface area contributed by atoms with E-state index in [0.717, 1.165) is 26.1 Å². The molecule has 3 heterocycles. The van der Waals surface area contributed by atoms with E-state index >= 15 is 0 Å². The van der Waals surface area contributed by atoms with Gasteiger partial charge < -0.3 is 5.32 Å². The molecular weight excluding hydrogens is 813 g/mol. The van der Waals surface area contributed by atoms with Crippen molar-refractivity contribution in [2.45, 2.75) is 75.3 Å². The number of nitrogens with zero attached hydrogens (tertiary/aromatic N) is 6. The zero-order chi connectivity index (χ0) is 41.2.